The van der Waals surface area contributed by atoms with Crippen molar-refractivity contribution in [2.75, 3.05) is 17.7 Å². The molecule has 0 aliphatic rings. The maximum Gasteiger partial charge on any atom is 0.416 e. The van der Waals surface area contributed by atoms with Crippen molar-refractivity contribution in [3.05, 3.63) is 83.7 Å². The number of nitrogens with zero attached hydrogens (tertiary/aromatic N) is 1. The minimum atomic E-state index is -4.49. The highest BCUT2D eigenvalue weighted by atomic mass is 19.4. The second kappa shape index (κ2) is 8.64. The lowest BCUT2D eigenvalue weighted by molar-refractivity contribution is -0.137. The number of amides is 2. The van der Waals surface area contributed by atoms with Crippen molar-refractivity contribution in [1.82, 2.24) is 10.3 Å². The van der Waals surface area contributed by atoms with Crippen LogP contribution in [0.15, 0.2) is 66.9 Å². The number of nitrogens with one attached hydrogen (secondary N) is 3. The van der Waals surface area contributed by atoms with E-state index in [4.69, 9.17) is 0 Å². The molecule has 0 saturated heterocycles. The number of carbonyl (C=O) groups is 2. The van der Waals surface area contributed by atoms with E-state index in [1.165, 1.54) is 19.3 Å². The average molecular weight is 414 g/mol. The van der Waals surface area contributed by atoms with Crippen LogP contribution in [0.25, 0.3) is 0 Å². The van der Waals surface area contributed by atoms with Gasteiger partial charge in [0.2, 0.25) is 0 Å². The number of hydrogen-bond acceptors (Lipinski definition) is 4. The molecule has 1 heterocycles. The predicted molar refractivity (Wildman–Crippen MR) is 107 cm³/mol. The van der Waals surface area contributed by atoms with Crippen LogP contribution in [0.4, 0.5) is 30.2 Å². The quantitative estimate of drug-likeness (QED) is 0.576. The van der Waals surface area contributed by atoms with Gasteiger partial charge in [-0.05, 0) is 42.5 Å². The Bertz CT molecular complexity index is 1050. The zero-order valence-corrected chi connectivity index (χ0v) is 15.7. The highest BCUT2D eigenvalue weighted by molar-refractivity contribution is 6.09. The first-order chi connectivity index (χ1) is 14.3. The summed E-state index contributed by atoms with van der Waals surface area (Å²) in [6.07, 6.45) is -3.14. The number of pyridine rings is 1. The van der Waals surface area contributed by atoms with Gasteiger partial charge in [0, 0.05) is 24.5 Å². The third-order valence-electron chi connectivity index (χ3n) is 4.16. The Kier molecular flexibility index (Phi) is 6.01. The van der Waals surface area contributed by atoms with Crippen LogP contribution in [0.1, 0.15) is 26.4 Å². The Morgan fingerprint density at radius 1 is 0.900 bits per heavy atom. The highest BCUT2D eigenvalue weighted by Crippen LogP contribution is 2.30. The summed E-state index contributed by atoms with van der Waals surface area (Å²) in [5.41, 5.74) is 0.385. The van der Waals surface area contributed by atoms with Gasteiger partial charge in [0.05, 0.1) is 16.9 Å². The molecule has 154 valence electrons. The number of anilines is 3. The monoisotopic (exact) mass is 414 g/mol. The fourth-order valence-corrected chi connectivity index (χ4v) is 2.65. The van der Waals surface area contributed by atoms with Crippen molar-refractivity contribution in [3.63, 3.8) is 0 Å². The van der Waals surface area contributed by atoms with E-state index in [9.17, 15) is 22.8 Å². The largest absolute Gasteiger partial charge is 0.416 e. The molecule has 0 spiro atoms. The Morgan fingerprint density at radius 3 is 2.17 bits per heavy atom. The molecule has 0 radical (unpaired) electrons. The molecule has 30 heavy (non-hydrogen) atoms. The highest BCUT2D eigenvalue weighted by Gasteiger charge is 2.30. The molecule has 0 aliphatic heterocycles. The summed E-state index contributed by atoms with van der Waals surface area (Å²) in [6, 6.07) is 14.3. The van der Waals surface area contributed by atoms with Crippen molar-refractivity contribution in [2.24, 2.45) is 0 Å². The normalized spacial score (nSPS) is 10.9. The molecule has 0 atom stereocenters. The van der Waals surface area contributed by atoms with Gasteiger partial charge in [0.1, 0.15) is 0 Å². The molecule has 0 bridgehead atoms. The number of rotatable bonds is 5. The third kappa shape index (κ3) is 4.75. The van der Waals surface area contributed by atoms with Crippen molar-refractivity contribution >= 4 is 28.9 Å². The topological polar surface area (TPSA) is 83.1 Å². The summed E-state index contributed by atoms with van der Waals surface area (Å²) < 4.78 is 38.2. The molecule has 0 saturated carbocycles. The summed E-state index contributed by atoms with van der Waals surface area (Å²) in [4.78, 5) is 28.9. The van der Waals surface area contributed by atoms with Crippen LogP contribution in [0.2, 0.25) is 0 Å². The van der Waals surface area contributed by atoms with Gasteiger partial charge >= 0.3 is 6.18 Å². The lowest BCUT2D eigenvalue weighted by atomic mass is 10.1. The van der Waals surface area contributed by atoms with Crippen molar-refractivity contribution in [3.8, 4) is 0 Å². The second-order valence-electron chi connectivity index (χ2n) is 6.18. The van der Waals surface area contributed by atoms with Crippen LogP contribution in [0, 0.1) is 0 Å². The lowest BCUT2D eigenvalue weighted by Gasteiger charge is -2.16. The predicted octanol–water partition coefficient (Wildman–Crippen LogP) is 4.46. The maximum atomic E-state index is 12.7. The fraction of sp³-hybridized carbons (Fsp3) is 0.0952. The van der Waals surface area contributed by atoms with Crippen LogP contribution in [0.3, 0.4) is 0 Å². The SMILES string of the molecule is CNC(=O)c1nccc(NC(=O)c2ccc(C(F)(F)F)cc2)c1Nc1ccccc1. The number of halogens is 3. The number of carbonyl (C=O) groups excluding carboxylic acids is 2. The van der Waals surface area contributed by atoms with Crippen LogP contribution in [0.5, 0.6) is 0 Å². The Balaban J connectivity index is 1.93. The van der Waals surface area contributed by atoms with E-state index in [2.05, 4.69) is 20.9 Å². The van der Waals surface area contributed by atoms with Crippen molar-refractivity contribution in [2.45, 2.75) is 6.18 Å². The van der Waals surface area contributed by atoms with Gasteiger partial charge in [-0.1, -0.05) is 18.2 Å². The van der Waals surface area contributed by atoms with Gasteiger partial charge in [-0.15, -0.1) is 0 Å². The molecule has 6 nitrogen and oxygen atoms in total. The first-order valence-corrected chi connectivity index (χ1v) is 8.81. The molecule has 1 aromatic heterocycles. The summed E-state index contributed by atoms with van der Waals surface area (Å²) in [5.74, 6) is -1.10. The summed E-state index contributed by atoms with van der Waals surface area (Å²) in [5, 5.41) is 8.16. The molecule has 2 amide bonds. The average Bonchev–Trinajstić information content (AvgIpc) is 2.74. The van der Waals surface area contributed by atoms with E-state index in [0.717, 1.165) is 24.3 Å². The zero-order chi connectivity index (χ0) is 21.7. The number of alkyl halides is 3. The van der Waals surface area contributed by atoms with Crippen LogP contribution in [-0.4, -0.2) is 23.8 Å². The lowest BCUT2D eigenvalue weighted by Crippen LogP contribution is -2.22. The maximum absolute atomic E-state index is 12.7. The Hall–Kier alpha value is -3.88. The number of benzene rings is 2. The van der Waals surface area contributed by atoms with E-state index in [-0.39, 0.29) is 22.6 Å². The Morgan fingerprint density at radius 2 is 1.57 bits per heavy atom. The van der Waals surface area contributed by atoms with E-state index < -0.39 is 23.6 Å². The first-order valence-electron chi connectivity index (χ1n) is 8.81. The van der Waals surface area contributed by atoms with Crippen LogP contribution < -0.4 is 16.0 Å². The zero-order valence-electron chi connectivity index (χ0n) is 15.7. The van der Waals surface area contributed by atoms with Gasteiger partial charge in [-0.25, -0.2) is 4.98 Å². The molecular weight excluding hydrogens is 397 g/mol. The summed E-state index contributed by atoms with van der Waals surface area (Å²) >= 11 is 0. The second-order valence-corrected chi connectivity index (χ2v) is 6.18. The van der Waals surface area contributed by atoms with E-state index in [1.807, 2.05) is 6.07 Å². The van der Waals surface area contributed by atoms with Crippen LogP contribution in [-0.2, 0) is 6.18 Å². The van der Waals surface area contributed by atoms with E-state index >= 15 is 0 Å². The summed E-state index contributed by atoms with van der Waals surface area (Å²) in [6.45, 7) is 0. The first kappa shape index (κ1) is 20.8. The Labute approximate surface area is 170 Å². The molecule has 2 aromatic carbocycles. The molecule has 9 heteroatoms. The standard InChI is InChI=1S/C21H17F3N4O2/c1-25-20(30)18-17(27-15-5-3-2-4-6-15)16(11-12-26-18)28-19(29)13-7-9-14(10-8-13)21(22,23)24/h2-12,27H,1H3,(H,25,30)(H,26,28,29). The molecule has 0 aliphatic carbocycles. The molecule has 3 aromatic rings. The van der Waals surface area contributed by atoms with Crippen LogP contribution >= 0.6 is 0 Å². The minimum Gasteiger partial charge on any atom is -0.354 e. The van der Waals surface area contributed by atoms with Gasteiger partial charge in [0.25, 0.3) is 11.8 Å². The van der Waals surface area contributed by atoms with Gasteiger partial charge in [-0.3, -0.25) is 9.59 Å². The molecule has 3 rings (SSSR count). The van der Waals surface area contributed by atoms with Gasteiger partial charge < -0.3 is 16.0 Å². The minimum absolute atomic E-state index is 0.0342. The van der Waals surface area contributed by atoms with Crippen molar-refractivity contribution < 1.29 is 22.8 Å². The van der Waals surface area contributed by atoms with Crippen molar-refractivity contribution in [1.29, 1.82) is 0 Å². The fourth-order valence-electron chi connectivity index (χ4n) is 2.65. The molecule has 0 fully saturated rings. The van der Waals surface area contributed by atoms with E-state index in [0.29, 0.717) is 5.69 Å². The van der Waals surface area contributed by atoms with Gasteiger partial charge in [0.15, 0.2) is 5.69 Å². The van der Waals surface area contributed by atoms with E-state index in [1.54, 1.807) is 24.3 Å². The molecule has 3 N–H and O–H groups in total. The number of aromatic nitrogens is 1. The molecular formula is C21H17F3N4O2. The summed E-state index contributed by atoms with van der Waals surface area (Å²) in [7, 11) is 1.45. The third-order valence-corrected chi connectivity index (χ3v) is 4.16. The van der Waals surface area contributed by atoms with Gasteiger partial charge in [-0.2, -0.15) is 13.2 Å². The number of hydrogen-bond donors (Lipinski definition) is 3. The number of para-hydroxylation sites is 1. The smallest absolute Gasteiger partial charge is 0.354 e. The molecule has 0 unspecified atom stereocenters.